The Kier molecular flexibility index (Phi) is 4.06. The summed E-state index contributed by atoms with van der Waals surface area (Å²) in [5.41, 5.74) is -1.17. The van der Waals surface area contributed by atoms with Gasteiger partial charge < -0.3 is 10.4 Å². The number of aliphatic hydroxyl groups excluding tert-OH is 1. The lowest BCUT2D eigenvalue weighted by atomic mass is 9.97. The zero-order chi connectivity index (χ0) is 14.9. The van der Waals surface area contributed by atoms with Crippen molar-refractivity contribution in [3.05, 3.63) is 35.4 Å². The number of benzene rings is 1. The van der Waals surface area contributed by atoms with Crippen LogP contribution in [0.4, 0.5) is 8.78 Å². The molecule has 1 aliphatic rings. The summed E-state index contributed by atoms with van der Waals surface area (Å²) in [5.74, 6) is -1.72. The maximum atomic E-state index is 13.6. The Bertz CT molecular complexity index is 500. The van der Waals surface area contributed by atoms with Gasteiger partial charge >= 0.3 is 0 Å². The van der Waals surface area contributed by atoms with Crippen LogP contribution in [-0.4, -0.2) is 41.1 Å². The molecule has 2 N–H and O–H groups in total. The van der Waals surface area contributed by atoms with Crippen molar-refractivity contribution >= 4 is 5.91 Å². The van der Waals surface area contributed by atoms with Crippen molar-refractivity contribution in [2.24, 2.45) is 0 Å². The summed E-state index contributed by atoms with van der Waals surface area (Å²) in [5, 5.41) is 12.8. The Morgan fingerprint density at radius 2 is 2.00 bits per heavy atom. The second-order valence-corrected chi connectivity index (χ2v) is 5.41. The second kappa shape index (κ2) is 5.46. The largest absolute Gasteiger partial charge is 0.387 e. The number of hydrogen-bond donors (Lipinski definition) is 2. The van der Waals surface area contributed by atoms with Gasteiger partial charge in [-0.2, -0.15) is 0 Å². The van der Waals surface area contributed by atoms with E-state index in [-0.39, 0.29) is 18.0 Å². The maximum absolute atomic E-state index is 13.6. The van der Waals surface area contributed by atoms with Crippen molar-refractivity contribution in [3.63, 3.8) is 0 Å². The molecule has 2 rings (SSSR count). The van der Waals surface area contributed by atoms with Gasteiger partial charge in [0.15, 0.2) is 0 Å². The third-order valence-corrected chi connectivity index (χ3v) is 3.74. The number of carbonyl (C=O) groups excluding carboxylic acids is 1. The summed E-state index contributed by atoms with van der Waals surface area (Å²) in [7, 11) is 0. The van der Waals surface area contributed by atoms with Gasteiger partial charge in [0.05, 0.1) is 17.2 Å². The van der Waals surface area contributed by atoms with E-state index in [1.165, 1.54) is 6.07 Å². The molecule has 6 heteroatoms. The first-order chi connectivity index (χ1) is 9.34. The predicted molar refractivity (Wildman–Crippen MR) is 70.0 cm³/mol. The molecular formula is C14H18F2N2O2. The molecule has 1 saturated heterocycles. The van der Waals surface area contributed by atoms with Crippen LogP contribution < -0.4 is 5.32 Å². The SMILES string of the molecule is CC1(C)C(=O)NCCN1CC(O)c1c(F)cccc1F. The summed E-state index contributed by atoms with van der Waals surface area (Å²) >= 11 is 0. The van der Waals surface area contributed by atoms with Crippen molar-refractivity contribution in [3.8, 4) is 0 Å². The van der Waals surface area contributed by atoms with Crippen LogP contribution in [0.1, 0.15) is 25.5 Å². The Labute approximate surface area is 116 Å². The number of nitrogens with one attached hydrogen (secondary N) is 1. The van der Waals surface area contributed by atoms with Crippen LogP contribution in [-0.2, 0) is 4.79 Å². The summed E-state index contributed by atoms with van der Waals surface area (Å²) in [6.07, 6.45) is -1.32. The van der Waals surface area contributed by atoms with E-state index in [0.29, 0.717) is 13.1 Å². The fourth-order valence-electron chi connectivity index (χ4n) is 2.39. The van der Waals surface area contributed by atoms with Crippen LogP contribution in [0.2, 0.25) is 0 Å². The standard InChI is InChI=1S/C14H18F2N2O2/c1-14(2)13(20)17-6-7-18(14)8-11(19)12-9(15)4-3-5-10(12)16/h3-5,11,19H,6-8H2,1-2H3,(H,17,20). The number of rotatable bonds is 3. The van der Waals surface area contributed by atoms with Gasteiger partial charge in [0.25, 0.3) is 0 Å². The number of nitrogens with zero attached hydrogens (tertiary/aromatic N) is 1. The van der Waals surface area contributed by atoms with Crippen LogP contribution in [0, 0.1) is 11.6 Å². The molecule has 4 nitrogen and oxygen atoms in total. The highest BCUT2D eigenvalue weighted by Crippen LogP contribution is 2.25. The molecule has 1 fully saturated rings. The Hall–Kier alpha value is -1.53. The second-order valence-electron chi connectivity index (χ2n) is 5.41. The Morgan fingerprint density at radius 1 is 1.40 bits per heavy atom. The predicted octanol–water partition coefficient (Wildman–Crippen LogP) is 1.21. The number of piperazine rings is 1. The third-order valence-electron chi connectivity index (χ3n) is 3.74. The van der Waals surface area contributed by atoms with Gasteiger partial charge in [0, 0.05) is 19.6 Å². The molecule has 1 aliphatic heterocycles. The first-order valence-corrected chi connectivity index (χ1v) is 6.49. The highest BCUT2D eigenvalue weighted by Gasteiger charge is 2.38. The summed E-state index contributed by atoms with van der Waals surface area (Å²) in [6.45, 7) is 4.40. The molecule has 0 bridgehead atoms. The molecule has 0 spiro atoms. The summed E-state index contributed by atoms with van der Waals surface area (Å²) < 4.78 is 27.3. The van der Waals surface area contributed by atoms with Crippen molar-refractivity contribution in [2.75, 3.05) is 19.6 Å². The molecule has 0 aromatic heterocycles. The smallest absolute Gasteiger partial charge is 0.240 e. The first kappa shape index (κ1) is 14.9. The van der Waals surface area contributed by atoms with Crippen molar-refractivity contribution in [1.29, 1.82) is 0 Å². The van der Waals surface area contributed by atoms with Gasteiger partial charge in [0.2, 0.25) is 5.91 Å². The maximum Gasteiger partial charge on any atom is 0.240 e. The molecule has 1 atom stereocenters. The minimum absolute atomic E-state index is 0.00171. The zero-order valence-corrected chi connectivity index (χ0v) is 11.5. The van der Waals surface area contributed by atoms with Gasteiger partial charge in [-0.1, -0.05) is 6.07 Å². The van der Waals surface area contributed by atoms with Crippen LogP contribution in [0.5, 0.6) is 0 Å². The van der Waals surface area contributed by atoms with Gasteiger partial charge in [-0.3, -0.25) is 9.69 Å². The quantitative estimate of drug-likeness (QED) is 0.877. The van der Waals surface area contributed by atoms with E-state index in [2.05, 4.69) is 5.32 Å². The normalized spacial score (nSPS) is 20.6. The van der Waals surface area contributed by atoms with Crippen LogP contribution in [0.15, 0.2) is 18.2 Å². The monoisotopic (exact) mass is 284 g/mol. The highest BCUT2D eigenvalue weighted by atomic mass is 19.1. The number of amides is 1. The Balaban J connectivity index is 2.19. The van der Waals surface area contributed by atoms with Crippen molar-refractivity contribution in [2.45, 2.75) is 25.5 Å². The molecule has 1 heterocycles. The van der Waals surface area contributed by atoms with Gasteiger partial charge in [-0.25, -0.2) is 8.78 Å². The third kappa shape index (κ3) is 2.66. The lowest BCUT2D eigenvalue weighted by Crippen LogP contribution is -2.62. The molecule has 0 aliphatic carbocycles. The van der Waals surface area contributed by atoms with E-state index < -0.39 is 23.3 Å². The lowest BCUT2D eigenvalue weighted by molar-refractivity contribution is -0.136. The number of halogens is 2. The van der Waals surface area contributed by atoms with Gasteiger partial charge in [-0.15, -0.1) is 0 Å². The molecule has 20 heavy (non-hydrogen) atoms. The highest BCUT2D eigenvalue weighted by molar-refractivity contribution is 5.86. The molecular weight excluding hydrogens is 266 g/mol. The van der Waals surface area contributed by atoms with E-state index in [1.54, 1.807) is 18.7 Å². The molecule has 0 radical (unpaired) electrons. The van der Waals surface area contributed by atoms with Crippen LogP contribution in [0.25, 0.3) is 0 Å². The average Bonchev–Trinajstić information content (AvgIpc) is 2.35. The molecule has 1 aromatic rings. The van der Waals surface area contributed by atoms with E-state index >= 15 is 0 Å². The molecule has 0 saturated carbocycles. The summed E-state index contributed by atoms with van der Waals surface area (Å²) in [4.78, 5) is 13.5. The van der Waals surface area contributed by atoms with Crippen molar-refractivity contribution in [1.82, 2.24) is 10.2 Å². The number of β-amino-alcohol motifs (C(OH)–C–C–N with tert-alkyl or cyclic N) is 1. The topological polar surface area (TPSA) is 52.6 Å². The minimum Gasteiger partial charge on any atom is -0.387 e. The number of carbonyl (C=O) groups is 1. The molecule has 1 unspecified atom stereocenters. The lowest BCUT2D eigenvalue weighted by Gasteiger charge is -2.42. The van der Waals surface area contributed by atoms with Crippen LogP contribution >= 0.6 is 0 Å². The van der Waals surface area contributed by atoms with E-state index in [0.717, 1.165) is 12.1 Å². The number of aliphatic hydroxyl groups is 1. The van der Waals surface area contributed by atoms with Crippen LogP contribution in [0.3, 0.4) is 0 Å². The molecule has 110 valence electrons. The van der Waals surface area contributed by atoms with E-state index in [1.807, 2.05) is 0 Å². The zero-order valence-electron chi connectivity index (χ0n) is 11.5. The Morgan fingerprint density at radius 3 is 2.60 bits per heavy atom. The molecule has 1 amide bonds. The fourth-order valence-corrected chi connectivity index (χ4v) is 2.39. The fraction of sp³-hybridized carbons (Fsp3) is 0.500. The molecule has 1 aromatic carbocycles. The van der Waals surface area contributed by atoms with E-state index in [9.17, 15) is 18.7 Å². The first-order valence-electron chi connectivity index (χ1n) is 6.49. The average molecular weight is 284 g/mol. The van der Waals surface area contributed by atoms with Gasteiger partial charge in [0.1, 0.15) is 11.6 Å². The van der Waals surface area contributed by atoms with E-state index in [4.69, 9.17) is 0 Å². The minimum atomic E-state index is -1.32. The van der Waals surface area contributed by atoms with Gasteiger partial charge in [-0.05, 0) is 26.0 Å². The summed E-state index contributed by atoms with van der Waals surface area (Å²) in [6, 6.07) is 3.46. The number of hydrogen-bond acceptors (Lipinski definition) is 3. The van der Waals surface area contributed by atoms with Crippen molar-refractivity contribution < 1.29 is 18.7 Å².